The summed E-state index contributed by atoms with van der Waals surface area (Å²) < 4.78 is 0. The zero-order valence-electron chi connectivity index (χ0n) is 19.0. The molecule has 0 aliphatic carbocycles. The van der Waals surface area contributed by atoms with Gasteiger partial charge in [-0.05, 0) is 62.6 Å². The maximum Gasteiger partial charge on any atom is 0.251 e. The van der Waals surface area contributed by atoms with Crippen LogP contribution in [0, 0.1) is 6.92 Å². The minimum Gasteiger partial charge on any atom is -0.350 e. The summed E-state index contributed by atoms with van der Waals surface area (Å²) in [6.45, 7) is 4.09. The summed E-state index contributed by atoms with van der Waals surface area (Å²) in [5, 5.41) is 6.37. The van der Waals surface area contributed by atoms with Crippen LogP contribution in [0.3, 0.4) is 0 Å². The molecule has 0 bridgehead atoms. The Hall–Kier alpha value is -3.99. The fourth-order valence-corrected chi connectivity index (χ4v) is 3.53. The van der Waals surface area contributed by atoms with Crippen molar-refractivity contribution in [2.75, 3.05) is 5.32 Å². The van der Waals surface area contributed by atoms with Gasteiger partial charge in [-0.15, -0.1) is 0 Å². The third-order valence-electron chi connectivity index (χ3n) is 5.47. The predicted octanol–water partition coefficient (Wildman–Crippen LogP) is 5.95. The molecule has 5 heteroatoms. The molecular weight excluding hydrogens is 408 g/mol. The Morgan fingerprint density at radius 3 is 2.36 bits per heavy atom. The Balaban J connectivity index is 1.34. The van der Waals surface area contributed by atoms with Crippen LogP contribution < -0.4 is 10.6 Å². The van der Waals surface area contributed by atoms with Crippen LogP contribution in [0.2, 0.25) is 0 Å². The highest BCUT2D eigenvalue weighted by molar-refractivity contribution is 5.94. The first-order chi connectivity index (χ1) is 16.1. The van der Waals surface area contributed by atoms with Gasteiger partial charge in [0.2, 0.25) is 0 Å². The molecule has 5 nitrogen and oxygen atoms in total. The Morgan fingerprint density at radius 2 is 1.64 bits per heavy atom. The summed E-state index contributed by atoms with van der Waals surface area (Å²) >= 11 is 0. The Kier molecular flexibility index (Phi) is 7.10. The third-order valence-corrected chi connectivity index (χ3v) is 5.47. The number of carbonyl (C=O) groups excluding carboxylic acids is 1. The van der Waals surface area contributed by atoms with Crippen LogP contribution in [0.5, 0.6) is 0 Å². The first kappa shape index (κ1) is 22.2. The number of nitrogens with zero attached hydrogens (tertiary/aromatic N) is 2. The molecule has 0 aliphatic rings. The molecule has 1 heterocycles. The summed E-state index contributed by atoms with van der Waals surface area (Å²) in [5.74, 6) is 1.30. The average Bonchev–Trinajstić information content (AvgIpc) is 2.84. The smallest absolute Gasteiger partial charge is 0.251 e. The van der Waals surface area contributed by atoms with E-state index < -0.39 is 0 Å². The van der Waals surface area contributed by atoms with Gasteiger partial charge in [0.25, 0.3) is 5.91 Å². The minimum atomic E-state index is -0.0641. The van der Waals surface area contributed by atoms with E-state index in [0.717, 1.165) is 24.1 Å². The minimum absolute atomic E-state index is 0.0641. The van der Waals surface area contributed by atoms with Crippen molar-refractivity contribution in [1.82, 2.24) is 15.3 Å². The number of nitrogens with one attached hydrogen (secondary N) is 2. The molecular formula is C28H28N4O. The molecule has 4 rings (SSSR count). The lowest BCUT2D eigenvalue weighted by atomic mass is 10.1. The number of hydrogen-bond donors (Lipinski definition) is 2. The number of aromatic nitrogens is 2. The van der Waals surface area contributed by atoms with Crippen LogP contribution in [0.25, 0.3) is 11.4 Å². The molecule has 4 aromatic rings. The summed E-state index contributed by atoms with van der Waals surface area (Å²) in [7, 11) is 0. The SMILES string of the molecule is Cc1ccc(-c2nccc(Nc3ccc(C(=O)N[C@H](C)CCc4ccccc4)cc3)n2)cc1. The van der Waals surface area contributed by atoms with Crippen molar-refractivity contribution in [3.63, 3.8) is 0 Å². The molecule has 2 N–H and O–H groups in total. The van der Waals surface area contributed by atoms with E-state index in [1.807, 2.05) is 79.7 Å². The predicted molar refractivity (Wildman–Crippen MR) is 134 cm³/mol. The highest BCUT2D eigenvalue weighted by Gasteiger charge is 2.10. The van der Waals surface area contributed by atoms with Gasteiger partial charge in [-0.1, -0.05) is 60.2 Å². The van der Waals surface area contributed by atoms with E-state index in [2.05, 4.69) is 39.7 Å². The van der Waals surface area contributed by atoms with Crippen LogP contribution in [-0.4, -0.2) is 21.9 Å². The van der Waals surface area contributed by atoms with Crippen LogP contribution in [0.1, 0.15) is 34.8 Å². The second-order valence-corrected chi connectivity index (χ2v) is 8.23. The Labute approximate surface area is 194 Å². The van der Waals surface area contributed by atoms with E-state index in [9.17, 15) is 4.79 Å². The molecule has 166 valence electrons. The molecule has 1 amide bonds. The number of aryl methyl sites for hydroxylation is 2. The van der Waals surface area contributed by atoms with Crippen molar-refractivity contribution in [2.45, 2.75) is 32.7 Å². The fourth-order valence-electron chi connectivity index (χ4n) is 3.53. The van der Waals surface area contributed by atoms with Crippen LogP contribution in [0.15, 0.2) is 91.1 Å². The van der Waals surface area contributed by atoms with Crippen LogP contribution in [-0.2, 0) is 6.42 Å². The quantitative estimate of drug-likeness (QED) is 0.358. The zero-order valence-corrected chi connectivity index (χ0v) is 19.0. The van der Waals surface area contributed by atoms with Gasteiger partial charge < -0.3 is 10.6 Å². The molecule has 0 saturated carbocycles. The van der Waals surface area contributed by atoms with Crippen LogP contribution in [0.4, 0.5) is 11.5 Å². The second kappa shape index (κ2) is 10.6. The Morgan fingerprint density at radius 1 is 0.909 bits per heavy atom. The molecule has 3 aromatic carbocycles. The van der Waals surface area contributed by atoms with E-state index in [-0.39, 0.29) is 11.9 Å². The fraction of sp³-hybridized carbons (Fsp3) is 0.179. The molecule has 0 radical (unpaired) electrons. The summed E-state index contributed by atoms with van der Waals surface area (Å²) in [4.78, 5) is 21.6. The normalized spacial score (nSPS) is 11.6. The highest BCUT2D eigenvalue weighted by Crippen LogP contribution is 2.20. The summed E-state index contributed by atoms with van der Waals surface area (Å²) in [6.07, 6.45) is 3.57. The van der Waals surface area contributed by atoms with Gasteiger partial charge >= 0.3 is 0 Å². The second-order valence-electron chi connectivity index (χ2n) is 8.23. The maximum atomic E-state index is 12.6. The van der Waals surface area contributed by atoms with Gasteiger partial charge in [0.1, 0.15) is 5.82 Å². The number of hydrogen-bond acceptors (Lipinski definition) is 4. The van der Waals surface area contributed by atoms with E-state index >= 15 is 0 Å². The zero-order chi connectivity index (χ0) is 23.0. The molecule has 33 heavy (non-hydrogen) atoms. The van der Waals surface area contributed by atoms with Crippen LogP contribution >= 0.6 is 0 Å². The molecule has 1 aromatic heterocycles. The number of anilines is 2. The molecule has 0 aliphatic heterocycles. The van der Waals surface area contributed by atoms with Gasteiger partial charge in [-0.25, -0.2) is 9.97 Å². The van der Waals surface area contributed by atoms with Gasteiger partial charge in [0.15, 0.2) is 5.82 Å². The first-order valence-electron chi connectivity index (χ1n) is 11.2. The Bertz CT molecular complexity index is 1190. The molecule has 0 fully saturated rings. The van der Waals surface area contributed by atoms with Crippen molar-refractivity contribution in [1.29, 1.82) is 0 Å². The number of rotatable bonds is 8. The lowest BCUT2D eigenvalue weighted by molar-refractivity contribution is 0.0938. The number of benzene rings is 3. The lowest BCUT2D eigenvalue weighted by Crippen LogP contribution is -2.32. The topological polar surface area (TPSA) is 66.9 Å². The van der Waals surface area contributed by atoms with Gasteiger partial charge in [0.05, 0.1) is 0 Å². The molecule has 1 atom stereocenters. The van der Waals surface area contributed by atoms with Crippen molar-refractivity contribution in [3.8, 4) is 11.4 Å². The van der Waals surface area contributed by atoms with Crippen molar-refractivity contribution < 1.29 is 4.79 Å². The molecule has 0 saturated heterocycles. The van der Waals surface area contributed by atoms with Gasteiger partial charge in [0, 0.05) is 29.1 Å². The van der Waals surface area contributed by atoms with Crippen molar-refractivity contribution in [3.05, 3.63) is 108 Å². The average molecular weight is 437 g/mol. The van der Waals surface area contributed by atoms with E-state index in [1.54, 1.807) is 6.20 Å². The maximum absolute atomic E-state index is 12.6. The largest absolute Gasteiger partial charge is 0.350 e. The molecule has 0 unspecified atom stereocenters. The van der Waals surface area contributed by atoms with E-state index in [0.29, 0.717) is 17.2 Å². The van der Waals surface area contributed by atoms with Gasteiger partial charge in [-0.2, -0.15) is 0 Å². The first-order valence-corrected chi connectivity index (χ1v) is 11.2. The monoisotopic (exact) mass is 436 g/mol. The standard InChI is InChI=1S/C28H28N4O/c1-20-8-12-23(13-9-20)27-29-19-18-26(32-27)31-25-16-14-24(15-17-25)28(33)30-21(2)10-11-22-6-4-3-5-7-22/h3-9,12-19,21H,10-11H2,1-2H3,(H,30,33)(H,29,31,32)/t21-/m1/s1. The molecule has 0 spiro atoms. The summed E-state index contributed by atoms with van der Waals surface area (Å²) in [5.41, 5.74) is 4.94. The van der Waals surface area contributed by atoms with E-state index in [4.69, 9.17) is 0 Å². The number of carbonyl (C=O) groups is 1. The third kappa shape index (κ3) is 6.26. The highest BCUT2D eigenvalue weighted by atomic mass is 16.1. The van der Waals surface area contributed by atoms with E-state index in [1.165, 1.54) is 11.1 Å². The van der Waals surface area contributed by atoms with Crippen molar-refractivity contribution >= 4 is 17.4 Å². The lowest BCUT2D eigenvalue weighted by Gasteiger charge is -2.14. The number of amides is 1. The summed E-state index contributed by atoms with van der Waals surface area (Å²) in [6, 6.07) is 27.8. The van der Waals surface area contributed by atoms with Crippen molar-refractivity contribution in [2.24, 2.45) is 0 Å². The van der Waals surface area contributed by atoms with Gasteiger partial charge in [-0.3, -0.25) is 4.79 Å².